The van der Waals surface area contributed by atoms with Crippen LogP contribution in [0.5, 0.6) is 11.6 Å². The molecule has 1 aromatic heterocycles. The molecule has 0 amide bonds. The molecule has 0 aliphatic carbocycles. The van der Waals surface area contributed by atoms with Crippen molar-refractivity contribution in [3.8, 4) is 22.8 Å². The molecule has 1 aliphatic rings. The van der Waals surface area contributed by atoms with Gasteiger partial charge >= 0.3 is 0 Å². The maximum atomic E-state index is 14.8. The molecule has 2 aromatic carbocycles. The number of aromatic hydroxyl groups is 1. The number of nitroso groups, excluding NO2 is 1. The Morgan fingerprint density at radius 2 is 1.93 bits per heavy atom. The number of ether oxygens (including phenoxy) is 1. The van der Waals surface area contributed by atoms with E-state index in [1.807, 2.05) is 20.9 Å². The second kappa shape index (κ2) is 6.84. The summed E-state index contributed by atoms with van der Waals surface area (Å²) in [6, 6.07) is 1.51. The minimum Gasteiger partial charge on any atom is -0.496 e. The molecule has 0 bridgehead atoms. The lowest BCUT2D eigenvalue weighted by atomic mass is 9.84. The first kappa shape index (κ1) is 19.4. The van der Waals surface area contributed by atoms with Gasteiger partial charge < -0.3 is 19.7 Å². The summed E-state index contributed by atoms with van der Waals surface area (Å²) in [4.78, 5) is 16.6. The monoisotopic (exact) mass is 397 g/mol. The SMILES string of the molecule is COc1c(-c2c3c(c4[nH]c(O)c(N=O)c4c2C)CN(C)CC3)cc(F)c(C)c1C. The molecule has 0 atom stereocenters. The van der Waals surface area contributed by atoms with E-state index in [2.05, 4.69) is 15.1 Å². The van der Waals surface area contributed by atoms with Crippen molar-refractivity contribution in [3.63, 3.8) is 0 Å². The van der Waals surface area contributed by atoms with Gasteiger partial charge in [-0.05, 0) is 78.9 Å². The van der Waals surface area contributed by atoms with Gasteiger partial charge in [0.25, 0.3) is 0 Å². The molecule has 0 fully saturated rings. The van der Waals surface area contributed by atoms with Crippen molar-refractivity contribution < 1.29 is 14.2 Å². The van der Waals surface area contributed by atoms with E-state index in [1.165, 1.54) is 6.07 Å². The highest BCUT2D eigenvalue weighted by atomic mass is 19.1. The van der Waals surface area contributed by atoms with Gasteiger partial charge in [0.2, 0.25) is 5.88 Å². The van der Waals surface area contributed by atoms with Crippen LogP contribution < -0.4 is 4.74 Å². The van der Waals surface area contributed by atoms with Crippen molar-refractivity contribution in [1.82, 2.24) is 9.88 Å². The Morgan fingerprint density at radius 1 is 1.21 bits per heavy atom. The first-order chi connectivity index (χ1) is 13.8. The average Bonchev–Trinajstić information content (AvgIpc) is 3.03. The smallest absolute Gasteiger partial charge is 0.219 e. The highest BCUT2D eigenvalue weighted by molar-refractivity contribution is 6.04. The van der Waals surface area contributed by atoms with Crippen molar-refractivity contribution in [3.05, 3.63) is 44.6 Å². The maximum Gasteiger partial charge on any atom is 0.219 e. The quantitative estimate of drug-likeness (QED) is 0.610. The van der Waals surface area contributed by atoms with Crippen LogP contribution in [0.4, 0.5) is 10.1 Å². The molecule has 2 heterocycles. The zero-order chi connectivity index (χ0) is 21.0. The number of aromatic nitrogens is 1. The summed E-state index contributed by atoms with van der Waals surface area (Å²) in [6.45, 7) is 6.95. The number of aryl methyl sites for hydroxylation is 1. The summed E-state index contributed by atoms with van der Waals surface area (Å²) in [5, 5.41) is 13.9. The number of hydrogen-bond donors (Lipinski definition) is 2. The lowest BCUT2D eigenvalue weighted by Gasteiger charge is -2.29. The average molecular weight is 397 g/mol. The fraction of sp³-hybridized carbons (Fsp3) is 0.364. The third kappa shape index (κ3) is 2.72. The molecule has 0 radical (unpaired) electrons. The summed E-state index contributed by atoms with van der Waals surface area (Å²) >= 11 is 0. The van der Waals surface area contributed by atoms with E-state index in [0.29, 0.717) is 34.3 Å². The zero-order valence-corrected chi connectivity index (χ0v) is 17.2. The van der Waals surface area contributed by atoms with Crippen molar-refractivity contribution in [2.75, 3.05) is 20.7 Å². The number of hydrogen-bond acceptors (Lipinski definition) is 5. The Balaban J connectivity index is 2.20. The van der Waals surface area contributed by atoms with E-state index < -0.39 is 0 Å². The number of H-pyrrole nitrogens is 1. The lowest BCUT2D eigenvalue weighted by molar-refractivity contribution is 0.314. The Morgan fingerprint density at radius 3 is 2.59 bits per heavy atom. The first-order valence-corrected chi connectivity index (χ1v) is 9.55. The normalized spacial score (nSPS) is 14.3. The van der Waals surface area contributed by atoms with Gasteiger partial charge in [-0.2, -0.15) is 0 Å². The predicted octanol–water partition coefficient (Wildman–Crippen LogP) is 5.00. The van der Waals surface area contributed by atoms with Crippen LogP contribution in [0.2, 0.25) is 0 Å². The van der Waals surface area contributed by atoms with Gasteiger partial charge in [0, 0.05) is 24.0 Å². The number of likely N-dealkylation sites (N-methyl/N-ethyl adjacent to an activating group) is 1. The van der Waals surface area contributed by atoms with Crippen LogP contribution in [0.3, 0.4) is 0 Å². The Hall–Kier alpha value is -2.93. The van der Waals surface area contributed by atoms with Gasteiger partial charge in [0.1, 0.15) is 11.6 Å². The second-order valence-corrected chi connectivity index (χ2v) is 7.80. The summed E-state index contributed by atoms with van der Waals surface area (Å²) in [6.07, 6.45) is 0.763. The molecule has 0 saturated carbocycles. The van der Waals surface area contributed by atoms with Crippen LogP contribution in [0.15, 0.2) is 11.2 Å². The van der Waals surface area contributed by atoms with Gasteiger partial charge in [0.15, 0.2) is 5.69 Å². The molecule has 6 nitrogen and oxygen atoms in total. The van der Waals surface area contributed by atoms with Gasteiger partial charge in [-0.15, -0.1) is 4.91 Å². The highest BCUT2D eigenvalue weighted by Crippen LogP contribution is 2.48. The van der Waals surface area contributed by atoms with Crippen LogP contribution in [0.1, 0.15) is 27.8 Å². The molecule has 2 N–H and O–H groups in total. The molecule has 0 spiro atoms. The minimum absolute atomic E-state index is 0.0157. The van der Waals surface area contributed by atoms with E-state index in [9.17, 15) is 14.4 Å². The van der Waals surface area contributed by atoms with Crippen LogP contribution in [-0.2, 0) is 13.0 Å². The van der Waals surface area contributed by atoms with E-state index in [0.717, 1.165) is 40.8 Å². The molecule has 7 heteroatoms. The molecular formula is C22H24FN3O3. The van der Waals surface area contributed by atoms with Crippen LogP contribution in [0.25, 0.3) is 22.0 Å². The van der Waals surface area contributed by atoms with Crippen LogP contribution >= 0.6 is 0 Å². The number of aromatic amines is 1. The first-order valence-electron chi connectivity index (χ1n) is 9.55. The molecule has 0 unspecified atom stereocenters. The van der Waals surface area contributed by atoms with E-state index in [4.69, 9.17) is 4.74 Å². The molecule has 3 aromatic rings. The third-order valence-electron chi connectivity index (χ3n) is 6.19. The Kier molecular flexibility index (Phi) is 4.58. The number of fused-ring (bicyclic) bond motifs is 3. The topological polar surface area (TPSA) is 77.9 Å². The number of rotatable bonds is 3. The predicted molar refractivity (Wildman–Crippen MR) is 112 cm³/mol. The van der Waals surface area contributed by atoms with Crippen molar-refractivity contribution in [2.24, 2.45) is 5.18 Å². The van der Waals surface area contributed by atoms with E-state index in [1.54, 1.807) is 14.0 Å². The molecular weight excluding hydrogens is 373 g/mol. The van der Waals surface area contributed by atoms with Gasteiger partial charge in [-0.1, -0.05) is 0 Å². The zero-order valence-electron chi connectivity index (χ0n) is 17.2. The fourth-order valence-electron chi connectivity index (χ4n) is 4.58. The summed E-state index contributed by atoms with van der Waals surface area (Å²) < 4.78 is 20.4. The number of halogens is 1. The van der Waals surface area contributed by atoms with Crippen LogP contribution in [0, 0.1) is 31.5 Å². The number of methoxy groups -OCH3 is 1. The largest absolute Gasteiger partial charge is 0.496 e. The van der Waals surface area contributed by atoms with E-state index >= 15 is 0 Å². The number of nitrogens with one attached hydrogen (secondary N) is 1. The maximum absolute atomic E-state index is 14.8. The summed E-state index contributed by atoms with van der Waals surface area (Å²) in [5.41, 5.74) is 6.33. The van der Waals surface area contributed by atoms with Crippen molar-refractivity contribution in [1.29, 1.82) is 0 Å². The molecule has 1 aliphatic heterocycles. The number of benzene rings is 2. The highest BCUT2D eigenvalue weighted by Gasteiger charge is 2.29. The molecule has 4 rings (SSSR count). The number of nitrogens with zero attached hydrogens (tertiary/aromatic N) is 2. The van der Waals surface area contributed by atoms with Crippen molar-refractivity contribution in [2.45, 2.75) is 33.7 Å². The molecule has 152 valence electrons. The summed E-state index contributed by atoms with van der Waals surface area (Å²) in [5.74, 6) is 0.0712. The Bertz CT molecular complexity index is 1170. The standard InChI is InChI=1S/C22H24FN3O3/c1-10-11(2)21(29-5)14(8-16(10)23)17-12(3)18-19(24-22(27)20(18)25-28)15-9-26(4)7-6-13(15)17/h8,24,27H,6-7,9H2,1-5H3. The van der Waals surface area contributed by atoms with E-state index in [-0.39, 0.29) is 17.4 Å². The third-order valence-corrected chi connectivity index (χ3v) is 6.19. The van der Waals surface area contributed by atoms with Gasteiger partial charge in [-0.3, -0.25) is 0 Å². The fourth-order valence-corrected chi connectivity index (χ4v) is 4.58. The van der Waals surface area contributed by atoms with Crippen molar-refractivity contribution >= 4 is 16.6 Å². The molecule has 29 heavy (non-hydrogen) atoms. The summed E-state index contributed by atoms with van der Waals surface area (Å²) in [7, 11) is 3.60. The Labute approximate surface area is 168 Å². The second-order valence-electron chi connectivity index (χ2n) is 7.80. The lowest BCUT2D eigenvalue weighted by Crippen LogP contribution is -2.27. The molecule has 0 saturated heterocycles. The minimum atomic E-state index is -0.301. The van der Waals surface area contributed by atoms with Crippen LogP contribution in [-0.4, -0.2) is 35.7 Å². The van der Waals surface area contributed by atoms with Gasteiger partial charge in [-0.25, -0.2) is 4.39 Å². The van der Waals surface area contributed by atoms with Gasteiger partial charge in [0.05, 0.1) is 12.6 Å².